The summed E-state index contributed by atoms with van der Waals surface area (Å²) in [6, 6.07) is 21.1. The van der Waals surface area contributed by atoms with E-state index in [1.54, 1.807) is 12.1 Å². The molecule has 0 bridgehead atoms. The third kappa shape index (κ3) is 3.83. The molecule has 0 atom stereocenters. The number of aromatic nitrogens is 2. The summed E-state index contributed by atoms with van der Waals surface area (Å²) in [7, 11) is 0. The SMILES string of the molecule is Cc1nc(Nc2ccccc2)cc(Nc2cccc(C#N)c2)n1. The molecular weight excluding hydrogens is 286 g/mol. The zero-order valence-corrected chi connectivity index (χ0v) is 12.6. The Bertz CT molecular complexity index is 853. The molecule has 0 aliphatic rings. The number of hydrogen-bond acceptors (Lipinski definition) is 5. The lowest BCUT2D eigenvalue weighted by molar-refractivity contribution is 1.06. The lowest BCUT2D eigenvalue weighted by Crippen LogP contribution is -2.01. The van der Waals surface area contributed by atoms with Crippen LogP contribution in [0.2, 0.25) is 0 Å². The molecule has 0 amide bonds. The standard InChI is InChI=1S/C18H15N5/c1-13-20-17(22-15-7-3-2-4-8-15)11-18(21-13)23-16-9-5-6-14(10-16)12-19/h2-11H,1H3,(H2,20,21,22,23). The van der Waals surface area contributed by atoms with E-state index in [0.717, 1.165) is 11.4 Å². The van der Waals surface area contributed by atoms with Crippen molar-refractivity contribution in [3.8, 4) is 6.07 Å². The van der Waals surface area contributed by atoms with Crippen LogP contribution >= 0.6 is 0 Å². The Labute approximate surface area is 134 Å². The number of aryl methyl sites for hydroxylation is 1. The molecule has 112 valence electrons. The molecule has 3 rings (SSSR count). The number of nitriles is 1. The molecule has 2 aromatic carbocycles. The van der Waals surface area contributed by atoms with Gasteiger partial charge in [-0.3, -0.25) is 0 Å². The van der Waals surface area contributed by atoms with Gasteiger partial charge < -0.3 is 10.6 Å². The van der Waals surface area contributed by atoms with Crippen molar-refractivity contribution in [1.82, 2.24) is 9.97 Å². The normalized spacial score (nSPS) is 9.91. The fourth-order valence-corrected chi connectivity index (χ4v) is 2.18. The van der Waals surface area contributed by atoms with Crippen LogP contribution in [0.5, 0.6) is 0 Å². The first-order chi connectivity index (χ1) is 11.2. The monoisotopic (exact) mass is 301 g/mol. The number of rotatable bonds is 4. The minimum absolute atomic E-state index is 0.600. The second kappa shape index (κ2) is 6.58. The zero-order chi connectivity index (χ0) is 16.1. The summed E-state index contributed by atoms with van der Waals surface area (Å²) in [5, 5.41) is 15.4. The molecule has 23 heavy (non-hydrogen) atoms. The fraction of sp³-hybridized carbons (Fsp3) is 0.0556. The van der Waals surface area contributed by atoms with Crippen LogP contribution < -0.4 is 10.6 Å². The van der Waals surface area contributed by atoms with Crippen LogP contribution in [0.1, 0.15) is 11.4 Å². The fourth-order valence-electron chi connectivity index (χ4n) is 2.18. The van der Waals surface area contributed by atoms with E-state index < -0.39 is 0 Å². The molecule has 2 N–H and O–H groups in total. The van der Waals surface area contributed by atoms with Crippen molar-refractivity contribution in [2.75, 3.05) is 10.6 Å². The first kappa shape index (κ1) is 14.5. The average Bonchev–Trinajstić information content (AvgIpc) is 2.55. The van der Waals surface area contributed by atoms with Crippen molar-refractivity contribution < 1.29 is 0 Å². The molecule has 1 aromatic heterocycles. The smallest absolute Gasteiger partial charge is 0.136 e. The Balaban J connectivity index is 1.84. The van der Waals surface area contributed by atoms with Gasteiger partial charge in [0.15, 0.2) is 0 Å². The van der Waals surface area contributed by atoms with E-state index in [1.165, 1.54) is 0 Å². The second-order valence-corrected chi connectivity index (χ2v) is 4.99. The van der Waals surface area contributed by atoms with E-state index in [-0.39, 0.29) is 0 Å². The molecule has 0 radical (unpaired) electrons. The van der Waals surface area contributed by atoms with E-state index in [4.69, 9.17) is 5.26 Å². The van der Waals surface area contributed by atoms with Crippen LogP contribution in [0, 0.1) is 18.3 Å². The summed E-state index contributed by atoms with van der Waals surface area (Å²) in [5.74, 6) is 2.04. The summed E-state index contributed by atoms with van der Waals surface area (Å²) in [4.78, 5) is 8.77. The maximum absolute atomic E-state index is 8.97. The van der Waals surface area contributed by atoms with Crippen molar-refractivity contribution in [1.29, 1.82) is 5.26 Å². The lowest BCUT2D eigenvalue weighted by atomic mass is 10.2. The highest BCUT2D eigenvalue weighted by Crippen LogP contribution is 2.20. The van der Waals surface area contributed by atoms with Gasteiger partial charge in [-0.05, 0) is 37.3 Å². The molecule has 3 aromatic rings. The minimum atomic E-state index is 0.600. The predicted molar refractivity (Wildman–Crippen MR) is 90.9 cm³/mol. The van der Waals surface area contributed by atoms with Crippen molar-refractivity contribution in [2.24, 2.45) is 0 Å². The van der Waals surface area contributed by atoms with Gasteiger partial charge in [-0.25, -0.2) is 9.97 Å². The summed E-state index contributed by atoms with van der Waals surface area (Å²) < 4.78 is 0. The van der Waals surface area contributed by atoms with Gasteiger partial charge >= 0.3 is 0 Å². The van der Waals surface area contributed by atoms with E-state index in [2.05, 4.69) is 26.7 Å². The first-order valence-electron chi connectivity index (χ1n) is 7.18. The van der Waals surface area contributed by atoms with E-state index in [1.807, 2.05) is 55.5 Å². The van der Waals surface area contributed by atoms with E-state index >= 15 is 0 Å². The van der Waals surface area contributed by atoms with Gasteiger partial charge in [0.2, 0.25) is 0 Å². The zero-order valence-electron chi connectivity index (χ0n) is 12.6. The molecule has 5 nitrogen and oxygen atoms in total. The summed E-state index contributed by atoms with van der Waals surface area (Å²) in [6.45, 7) is 1.84. The summed E-state index contributed by atoms with van der Waals surface area (Å²) >= 11 is 0. The predicted octanol–water partition coefficient (Wildman–Crippen LogP) is 4.14. The summed E-state index contributed by atoms with van der Waals surface area (Å²) in [6.07, 6.45) is 0. The second-order valence-electron chi connectivity index (χ2n) is 4.99. The Hall–Kier alpha value is -3.39. The molecule has 0 aliphatic carbocycles. The Morgan fingerprint density at radius 2 is 1.48 bits per heavy atom. The molecular formula is C18H15N5. The Morgan fingerprint density at radius 1 is 0.826 bits per heavy atom. The van der Waals surface area contributed by atoms with Crippen molar-refractivity contribution in [3.05, 3.63) is 72.1 Å². The van der Waals surface area contributed by atoms with Gasteiger partial charge in [0.25, 0.3) is 0 Å². The average molecular weight is 301 g/mol. The van der Waals surface area contributed by atoms with E-state index in [9.17, 15) is 0 Å². The van der Waals surface area contributed by atoms with Crippen molar-refractivity contribution >= 4 is 23.0 Å². The largest absolute Gasteiger partial charge is 0.340 e. The Kier molecular flexibility index (Phi) is 4.16. The first-order valence-corrected chi connectivity index (χ1v) is 7.18. The van der Waals surface area contributed by atoms with Gasteiger partial charge in [-0.2, -0.15) is 5.26 Å². The maximum Gasteiger partial charge on any atom is 0.136 e. The molecule has 0 fully saturated rings. The molecule has 0 saturated carbocycles. The number of para-hydroxylation sites is 1. The van der Waals surface area contributed by atoms with Crippen LogP contribution in [0.4, 0.5) is 23.0 Å². The molecule has 5 heteroatoms. The van der Waals surface area contributed by atoms with Crippen molar-refractivity contribution in [3.63, 3.8) is 0 Å². The van der Waals surface area contributed by atoms with Crippen LogP contribution in [0.3, 0.4) is 0 Å². The van der Waals surface area contributed by atoms with E-state index in [0.29, 0.717) is 23.0 Å². The number of benzene rings is 2. The van der Waals surface area contributed by atoms with Crippen LogP contribution in [0.15, 0.2) is 60.7 Å². The lowest BCUT2D eigenvalue weighted by Gasteiger charge is -2.10. The minimum Gasteiger partial charge on any atom is -0.340 e. The topological polar surface area (TPSA) is 73.6 Å². The number of nitrogens with zero attached hydrogens (tertiary/aromatic N) is 3. The summed E-state index contributed by atoms with van der Waals surface area (Å²) in [5.41, 5.74) is 2.37. The molecule has 0 unspecified atom stereocenters. The molecule has 0 saturated heterocycles. The van der Waals surface area contributed by atoms with Gasteiger partial charge in [0, 0.05) is 17.4 Å². The quantitative estimate of drug-likeness (QED) is 0.757. The number of nitrogens with one attached hydrogen (secondary N) is 2. The van der Waals surface area contributed by atoms with Crippen LogP contribution in [-0.4, -0.2) is 9.97 Å². The van der Waals surface area contributed by atoms with Gasteiger partial charge in [0.1, 0.15) is 17.5 Å². The van der Waals surface area contributed by atoms with Gasteiger partial charge in [0.05, 0.1) is 11.6 Å². The van der Waals surface area contributed by atoms with Crippen LogP contribution in [0.25, 0.3) is 0 Å². The highest BCUT2D eigenvalue weighted by atomic mass is 15.1. The third-order valence-corrected chi connectivity index (χ3v) is 3.15. The molecule has 0 aliphatic heterocycles. The number of hydrogen-bond donors (Lipinski definition) is 2. The third-order valence-electron chi connectivity index (χ3n) is 3.15. The molecule has 1 heterocycles. The highest BCUT2D eigenvalue weighted by Gasteiger charge is 2.04. The Morgan fingerprint density at radius 3 is 2.17 bits per heavy atom. The van der Waals surface area contributed by atoms with Gasteiger partial charge in [-0.15, -0.1) is 0 Å². The van der Waals surface area contributed by atoms with Crippen molar-refractivity contribution in [2.45, 2.75) is 6.92 Å². The van der Waals surface area contributed by atoms with Gasteiger partial charge in [-0.1, -0.05) is 24.3 Å². The van der Waals surface area contributed by atoms with Crippen LogP contribution in [-0.2, 0) is 0 Å². The maximum atomic E-state index is 8.97. The highest BCUT2D eigenvalue weighted by molar-refractivity contribution is 5.64. The number of anilines is 4. The molecule has 0 spiro atoms.